The molecule has 0 saturated heterocycles. The van der Waals surface area contributed by atoms with Gasteiger partial charge in [0.05, 0.1) is 0 Å². The molecule has 3 aliphatic carbocycles. The predicted molar refractivity (Wildman–Crippen MR) is 67.0 cm³/mol. The molecule has 0 heterocycles. The molecular formula is C14H24N2. The van der Waals surface area contributed by atoms with E-state index in [1.54, 1.807) is 0 Å². The lowest BCUT2D eigenvalue weighted by Gasteiger charge is -2.18. The second-order valence-corrected chi connectivity index (χ2v) is 6.04. The van der Waals surface area contributed by atoms with Crippen LogP contribution >= 0.6 is 0 Å². The van der Waals surface area contributed by atoms with Crippen molar-refractivity contribution in [2.75, 3.05) is 13.1 Å². The number of nitrogens with one attached hydrogen (secondary N) is 1. The fourth-order valence-electron chi connectivity index (χ4n) is 3.16. The van der Waals surface area contributed by atoms with Gasteiger partial charge in [0.2, 0.25) is 0 Å². The Morgan fingerprint density at radius 3 is 2.31 bits per heavy atom. The Morgan fingerprint density at radius 1 is 1.12 bits per heavy atom. The third-order valence-corrected chi connectivity index (χ3v) is 4.45. The van der Waals surface area contributed by atoms with E-state index in [2.05, 4.69) is 17.5 Å². The van der Waals surface area contributed by atoms with E-state index in [4.69, 9.17) is 5.73 Å². The van der Waals surface area contributed by atoms with Gasteiger partial charge in [0.25, 0.3) is 0 Å². The van der Waals surface area contributed by atoms with Crippen molar-refractivity contribution in [1.82, 2.24) is 5.32 Å². The Morgan fingerprint density at radius 2 is 1.81 bits per heavy atom. The van der Waals surface area contributed by atoms with E-state index in [0.29, 0.717) is 12.0 Å². The van der Waals surface area contributed by atoms with Gasteiger partial charge in [-0.2, -0.15) is 0 Å². The van der Waals surface area contributed by atoms with E-state index in [0.717, 1.165) is 30.7 Å². The predicted octanol–water partition coefficient (Wildman–Crippen LogP) is 1.92. The van der Waals surface area contributed by atoms with Crippen molar-refractivity contribution in [3.63, 3.8) is 0 Å². The van der Waals surface area contributed by atoms with Gasteiger partial charge in [0.15, 0.2) is 0 Å². The van der Waals surface area contributed by atoms with Crippen LogP contribution in [-0.4, -0.2) is 19.1 Å². The zero-order valence-electron chi connectivity index (χ0n) is 10.1. The monoisotopic (exact) mass is 220 g/mol. The molecular weight excluding hydrogens is 196 g/mol. The summed E-state index contributed by atoms with van der Waals surface area (Å²) < 4.78 is 0. The zero-order valence-corrected chi connectivity index (χ0v) is 10.1. The van der Waals surface area contributed by atoms with Gasteiger partial charge >= 0.3 is 0 Å². The van der Waals surface area contributed by atoms with Gasteiger partial charge in [-0.15, -0.1) is 0 Å². The maximum Gasteiger partial charge on any atom is 0.0229 e. The van der Waals surface area contributed by atoms with Crippen LogP contribution in [0, 0.1) is 23.7 Å². The van der Waals surface area contributed by atoms with Crippen molar-refractivity contribution >= 4 is 0 Å². The summed E-state index contributed by atoms with van der Waals surface area (Å²) >= 11 is 0. The number of hydrogen-bond donors (Lipinski definition) is 2. The summed E-state index contributed by atoms with van der Waals surface area (Å²) in [7, 11) is 0. The van der Waals surface area contributed by atoms with Crippen molar-refractivity contribution in [2.45, 2.75) is 38.1 Å². The van der Waals surface area contributed by atoms with Crippen molar-refractivity contribution in [2.24, 2.45) is 29.4 Å². The van der Waals surface area contributed by atoms with E-state index in [-0.39, 0.29) is 0 Å². The van der Waals surface area contributed by atoms with Crippen LogP contribution in [0.1, 0.15) is 32.1 Å². The molecule has 0 aromatic heterocycles. The Bertz CT molecular complexity index is 254. The van der Waals surface area contributed by atoms with Crippen LogP contribution in [0.4, 0.5) is 0 Å². The minimum absolute atomic E-state index is 0.314. The lowest BCUT2D eigenvalue weighted by atomic mass is 9.97. The quantitative estimate of drug-likeness (QED) is 0.671. The molecule has 0 radical (unpaired) electrons. The third-order valence-electron chi connectivity index (χ3n) is 4.45. The zero-order chi connectivity index (χ0) is 11.0. The smallest absolute Gasteiger partial charge is 0.0229 e. The fraction of sp³-hybridized carbons (Fsp3) is 0.857. The van der Waals surface area contributed by atoms with Crippen LogP contribution in [0.3, 0.4) is 0 Å². The molecule has 0 bridgehead atoms. The Kier molecular flexibility index (Phi) is 3.03. The van der Waals surface area contributed by atoms with Crippen LogP contribution in [0.5, 0.6) is 0 Å². The minimum atomic E-state index is 0.314. The number of rotatable bonds is 6. The van der Waals surface area contributed by atoms with Gasteiger partial charge in [-0.05, 0) is 62.3 Å². The van der Waals surface area contributed by atoms with E-state index < -0.39 is 0 Å². The van der Waals surface area contributed by atoms with Gasteiger partial charge < -0.3 is 11.1 Å². The molecule has 2 heteroatoms. The maximum atomic E-state index is 5.86. The molecule has 3 N–H and O–H groups in total. The molecule has 0 spiro atoms. The topological polar surface area (TPSA) is 38.0 Å². The van der Waals surface area contributed by atoms with Crippen molar-refractivity contribution in [3.8, 4) is 0 Å². The Balaban J connectivity index is 1.37. The normalized spacial score (nSPS) is 33.9. The van der Waals surface area contributed by atoms with Crippen molar-refractivity contribution < 1.29 is 0 Å². The molecule has 2 fully saturated rings. The average Bonchev–Trinajstić information content (AvgIpc) is 3.15. The first-order valence-electron chi connectivity index (χ1n) is 6.97. The summed E-state index contributed by atoms with van der Waals surface area (Å²) in [5.41, 5.74) is 5.86. The largest absolute Gasteiger partial charge is 0.324 e. The summed E-state index contributed by atoms with van der Waals surface area (Å²) in [5.74, 6) is 3.83. The first-order chi connectivity index (χ1) is 7.83. The molecule has 0 aromatic carbocycles. The average molecular weight is 220 g/mol. The summed E-state index contributed by atoms with van der Waals surface area (Å²) in [5, 5.41) is 3.68. The van der Waals surface area contributed by atoms with Crippen LogP contribution in [0.15, 0.2) is 12.2 Å². The van der Waals surface area contributed by atoms with Gasteiger partial charge in [-0.1, -0.05) is 12.2 Å². The second kappa shape index (κ2) is 4.50. The first kappa shape index (κ1) is 10.8. The molecule has 2 nitrogen and oxygen atoms in total. The molecule has 3 rings (SSSR count). The van der Waals surface area contributed by atoms with E-state index in [9.17, 15) is 0 Å². The van der Waals surface area contributed by atoms with Gasteiger partial charge in [0.1, 0.15) is 0 Å². The highest BCUT2D eigenvalue weighted by Gasteiger charge is 2.40. The minimum Gasteiger partial charge on any atom is -0.324 e. The third kappa shape index (κ3) is 2.67. The summed E-state index contributed by atoms with van der Waals surface area (Å²) in [6, 6.07) is 0.314. The van der Waals surface area contributed by atoms with Crippen LogP contribution in [0.2, 0.25) is 0 Å². The van der Waals surface area contributed by atoms with E-state index in [1.807, 2.05) is 0 Å². The highest BCUT2D eigenvalue weighted by atomic mass is 14.9. The summed E-state index contributed by atoms with van der Waals surface area (Å²) in [4.78, 5) is 0. The standard InChI is InChI=1S/C14H24N2/c15-13-6-1-10(7-13)8-16-9-14(11-2-3-11)12-4-5-12/h1,6,10-14,16H,2-5,7-9,15H2. The molecule has 16 heavy (non-hydrogen) atoms. The highest BCUT2D eigenvalue weighted by Crippen LogP contribution is 2.48. The maximum absolute atomic E-state index is 5.86. The van der Waals surface area contributed by atoms with Crippen molar-refractivity contribution in [1.29, 1.82) is 0 Å². The summed E-state index contributed by atoms with van der Waals surface area (Å²) in [6.45, 7) is 2.40. The molecule has 2 unspecified atom stereocenters. The Labute approximate surface area is 98.7 Å². The van der Waals surface area contributed by atoms with E-state index in [1.165, 1.54) is 32.2 Å². The SMILES string of the molecule is NC1C=CC(CNCC(C2CC2)C2CC2)C1. The lowest BCUT2D eigenvalue weighted by molar-refractivity contribution is 0.368. The second-order valence-electron chi connectivity index (χ2n) is 6.04. The highest BCUT2D eigenvalue weighted by molar-refractivity contribution is 5.05. The summed E-state index contributed by atoms with van der Waals surface area (Å²) in [6.07, 6.45) is 11.6. The molecule has 0 amide bonds. The molecule has 2 saturated carbocycles. The number of nitrogens with two attached hydrogens (primary N) is 1. The molecule has 0 aromatic rings. The van der Waals surface area contributed by atoms with Gasteiger partial charge in [0, 0.05) is 12.6 Å². The molecule has 0 aliphatic heterocycles. The van der Waals surface area contributed by atoms with Crippen LogP contribution < -0.4 is 11.1 Å². The number of hydrogen-bond acceptors (Lipinski definition) is 2. The van der Waals surface area contributed by atoms with Crippen LogP contribution in [-0.2, 0) is 0 Å². The molecule has 2 atom stereocenters. The van der Waals surface area contributed by atoms with Crippen molar-refractivity contribution in [3.05, 3.63) is 12.2 Å². The lowest BCUT2D eigenvalue weighted by Crippen LogP contribution is -2.30. The van der Waals surface area contributed by atoms with Gasteiger partial charge in [-0.25, -0.2) is 0 Å². The fourth-order valence-corrected chi connectivity index (χ4v) is 3.16. The van der Waals surface area contributed by atoms with E-state index >= 15 is 0 Å². The molecule has 90 valence electrons. The Hall–Kier alpha value is -0.340. The first-order valence-corrected chi connectivity index (χ1v) is 6.97. The molecule has 3 aliphatic rings. The van der Waals surface area contributed by atoms with Crippen LogP contribution in [0.25, 0.3) is 0 Å². The van der Waals surface area contributed by atoms with Gasteiger partial charge in [-0.3, -0.25) is 0 Å².